The number of benzene rings is 1. The summed E-state index contributed by atoms with van der Waals surface area (Å²) in [6.45, 7) is 2.20. The maximum atomic E-state index is 4.69. The summed E-state index contributed by atoms with van der Waals surface area (Å²) in [5.41, 5.74) is 2.30. The molecule has 1 aromatic heterocycles. The van der Waals surface area contributed by atoms with E-state index in [1.54, 1.807) is 11.3 Å². The molecule has 90 valence electrons. The van der Waals surface area contributed by atoms with Crippen molar-refractivity contribution in [2.45, 2.75) is 25.8 Å². The highest BCUT2D eigenvalue weighted by Crippen LogP contribution is 2.22. The van der Waals surface area contributed by atoms with Crippen molar-refractivity contribution >= 4 is 11.3 Å². The van der Waals surface area contributed by atoms with Gasteiger partial charge in [0.25, 0.3) is 0 Å². The van der Waals surface area contributed by atoms with Crippen LogP contribution in [0.5, 0.6) is 0 Å². The molecule has 0 amide bonds. The number of rotatable bonds is 5. The van der Waals surface area contributed by atoms with Crippen LogP contribution in [0.2, 0.25) is 0 Å². The van der Waals surface area contributed by atoms with Gasteiger partial charge in [-0.05, 0) is 13.5 Å². The minimum atomic E-state index is 0.532. The fraction of sp³-hybridized carbons (Fsp3) is 0.357. The van der Waals surface area contributed by atoms with Crippen LogP contribution in [-0.4, -0.2) is 18.1 Å². The van der Waals surface area contributed by atoms with Gasteiger partial charge in [-0.1, -0.05) is 37.3 Å². The Morgan fingerprint density at radius 1 is 1.29 bits per heavy atom. The SMILES string of the molecule is CCC(Cc1nc(-c2ccccc2)cs1)NC. The van der Waals surface area contributed by atoms with Crippen LogP contribution >= 0.6 is 11.3 Å². The zero-order chi connectivity index (χ0) is 12.1. The second-order valence-electron chi connectivity index (χ2n) is 4.09. The quantitative estimate of drug-likeness (QED) is 0.875. The van der Waals surface area contributed by atoms with Crippen molar-refractivity contribution in [3.05, 3.63) is 40.7 Å². The Hall–Kier alpha value is -1.19. The molecule has 1 unspecified atom stereocenters. The van der Waals surface area contributed by atoms with Crippen LogP contribution in [0.1, 0.15) is 18.4 Å². The first-order valence-electron chi connectivity index (χ1n) is 6.00. The Morgan fingerprint density at radius 2 is 2.06 bits per heavy atom. The van der Waals surface area contributed by atoms with Crippen LogP contribution in [0.15, 0.2) is 35.7 Å². The van der Waals surface area contributed by atoms with E-state index < -0.39 is 0 Å². The first kappa shape index (κ1) is 12.3. The summed E-state index contributed by atoms with van der Waals surface area (Å²) in [6.07, 6.45) is 2.15. The molecule has 3 heteroatoms. The van der Waals surface area contributed by atoms with Gasteiger partial charge in [-0.2, -0.15) is 0 Å². The molecule has 0 aliphatic heterocycles. The van der Waals surface area contributed by atoms with Gasteiger partial charge in [-0.15, -0.1) is 11.3 Å². The van der Waals surface area contributed by atoms with Crippen molar-refractivity contribution in [3.63, 3.8) is 0 Å². The largest absolute Gasteiger partial charge is 0.317 e. The van der Waals surface area contributed by atoms with Crippen LogP contribution in [0.3, 0.4) is 0 Å². The molecule has 0 fully saturated rings. The number of aromatic nitrogens is 1. The van der Waals surface area contributed by atoms with E-state index in [-0.39, 0.29) is 0 Å². The number of nitrogens with zero attached hydrogens (tertiary/aromatic N) is 1. The van der Waals surface area contributed by atoms with E-state index in [1.165, 1.54) is 10.6 Å². The lowest BCUT2D eigenvalue weighted by molar-refractivity contribution is 0.542. The fourth-order valence-electron chi connectivity index (χ4n) is 1.81. The third kappa shape index (κ3) is 3.14. The predicted molar refractivity (Wildman–Crippen MR) is 74.4 cm³/mol. The molecule has 1 heterocycles. The minimum absolute atomic E-state index is 0.532. The van der Waals surface area contributed by atoms with E-state index >= 15 is 0 Å². The number of hydrogen-bond acceptors (Lipinski definition) is 3. The van der Waals surface area contributed by atoms with Crippen molar-refractivity contribution in [1.82, 2.24) is 10.3 Å². The Balaban J connectivity index is 2.11. The highest BCUT2D eigenvalue weighted by molar-refractivity contribution is 7.09. The lowest BCUT2D eigenvalue weighted by Crippen LogP contribution is -2.26. The van der Waals surface area contributed by atoms with Crippen LogP contribution in [0, 0.1) is 0 Å². The third-order valence-electron chi connectivity index (χ3n) is 2.94. The molecule has 2 nitrogen and oxygen atoms in total. The Morgan fingerprint density at radius 3 is 2.71 bits per heavy atom. The summed E-state index contributed by atoms with van der Waals surface area (Å²) in [5.74, 6) is 0. The number of nitrogens with one attached hydrogen (secondary N) is 1. The lowest BCUT2D eigenvalue weighted by Gasteiger charge is -2.10. The van der Waals surface area contributed by atoms with Gasteiger partial charge in [0.15, 0.2) is 0 Å². The van der Waals surface area contributed by atoms with Gasteiger partial charge in [-0.3, -0.25) is 0 Å². The molecule has 2 aromatic rings. The summed E-state index contributed by atoms with van der Waals surface area (Å²) in [7, 11) is 2.01. The molecule has 0 saturated carbocycles. The van der Waals surface area contributed by atoms with Gasteiger partial charge < -0.3 is 5.32 Å². The normalized spacial score (nSPS) is 12.6. The topological polar surface area (TPSA) is 24.9 Å². The molecule has 1 atom stereocenters. The Kier molecular flexibility index (Phi) is 4.29. The Bertz CT molecular complexity index is 446. The average Bonchev–Trinajstić information content (AvgIpc) is 2.85. The van der Waals surface area contributed by atoms with Gasteiger partial charge in [0.05, 0.1) is 10.7 Å². The number of hydrogen-bond donors (Lipinski definition) is 1. The van der Waals surface area contributed by atoms with Crippen LogP contribution in [-0.2, 0) is 6.42 Å². The second kappa shape index (κ2) is 5.94. The molecule has 1 N–H and O–H groups in total. The van der Waals surface area contributed by atoms with Gasteiger partial charge in [0.1, 0.15) is 0 Å². The smallest absolute Gasteiger partial charge is 0.0948 e. The zero-order valence-corrected chi connectivity index (χ0v) is 11.1. The molecular formula is C14H18N2S. The van der Waals surface area contributed by atoms with Gasteiger partial charge >= 0.3 is 0 Å². The highest BCUT2D eigenvalue weighted by atomic mass is 32.1. The van der Waals surface area contributed by atoms with Crippen LogP contribution in [0.25, 0.3) is 11.3 Å². The van der Waals surface area contributed by atoms with E-state index in [0.717, 1.165) is 18.5 Å². The zero-order valence-electron chi connectivity index (χ0n) is 10.3. The van der Waals surface area contributed by atoms with Crippen molar-refractivity contribution in [2.75, 3.05) is 7.05 Å². The number of thiazole rings is 1. The molecular weight excluding hydrogens is 228 g/mol. The maximum absolute atomic E-state index is 4.69. The van der Waals surface area contributed by atoms with Crippen LogP contribution < -0.4 is 5.32 Å². The molecule has 1 aromatic carbocycles. The fourth-order valence-corrected chi connectivity index (χ4v) is 2.69. The van der Waals surface area contributed by atoms with Gasteiger partial charge in [0, 0.05) is 23.4 Å². The van der Waals surface area contributed by atoms with E-state index in [9.17, 15) is 0 Å². The van der Waals surface area contributed by atoms with Crippen molar-refractivity contribution in [2.24, 2.45) is 0 Å². The van der Waals surface area contributed by atoms with E-state index in [1.807, 2.05) is 13.1 Å². The Labute approximate surface area is 107 Å². The van der Waals surface area contributed by atoms with Gasteiger partial charge in [-0.25, -0.2) is 4.98 Å². The average molecular weight is 246 g/mol. The maximum Gasteiger partial charge on any atom is 0.0948 e. The summed E-state index contributed by atoms with van der Waals surface area (Å²) in [6, 6.07) is 10.9. The molecule has 17 heavy (non-hydrogen) atoms. The highest BCUT2D eigenvalue weighted by Gasteiger charge is 2.09. The van der Waals surface area contributed by atoms with Gasteiger partial charge in [0.2, 0.25) is 0 Å². The van der Waals surface area contributed by atoms with E-state index in [4.69, 9.17) is 4.98 Å². The minimum Gasteiger partial charge on any atom is -0.317 e. The predicted octanol–water partition coefficient (Wildman–Crippen LogP) is 3.35. The standard InChI is InChI=1S/C14H18N2S/c1-3-12(15-2)9-14-16-13(10-17-14)11-7-5-4-6-8-11/h4-8,10,12,15H,3,9H2,1-2H3. The third-order valence-corrected chi connectivity index (χ3v) is 3.81. The van der Waals surface area contributed by atoms with E-state index in [2.05, 4.69) is 41.9 Å². The van der Waals surface area contributed by atoms with Crippen molar-refractivity contribution in [3.8, 4) is 11.3 Å². The molecule has 2 rings (SSSR count). The first-order chi connectivity index (χ1) is 8.33. The van der Waals surface area contributed by atoms with Crippen molar-refractivity contribution in [1.29, 1.82) is 0 Å². The first-order valence-corrected chi connectivity index (χ1v) is 6.88. The monoisotopic (exact) mass is 246 g/mol. The van der Waals surface area contributed by atoms with E-state index in [0.29, 0.717) is 6.04 Å². The number of likely N-dealkylation sites (N-methyl/N-ethyl adjacent to an activating group) is 1. The summed E-state index contributed by atoms with van der Waals surface area (Å²) >= 11 is 1.75. The molecule has 0 aliphatic carbocycles. The lowest BCUT2D eigenvalue weighted by atomic mass is 10.1. The molecule has 0 spiro atoms. The van der Waals surface area contributed by atoms with Crippen molar-refractivity contribution < 1.29 is 0 Å². The summed E-state index contributed by atoms with van der Waals surface area (Å²) in [4.78, 5) is 4.69. The second-order valence-corrected chi connectivity index (χ2v) is 5.03. The molecule has 0 aliphatic rings. The summed E-state index contributed by atoms with van der Waals surface area (Å²) < 4.78 is 0. The summed E-state index contributed by atoms with van der Waals surface area (Å²) in [5, 5.41) is 6.67. The molecule has 0 saturated heterocycles. The molecule has 0 radical (unpaired) electrons. The molecule has 0 bridgehead atoms. The van der Waals surface area contributed by atoms with Crippen LogP contribution in [0.4, 0.5) is 0 Å².